The molecule has 0 aromatic rings. The average molecular weight is 384 g/mol. The molecule has 0 aliphatic carbocycles. The van der Waals surface area contributed by atoms with Gasteiger partial charge in [-0.3, -0.25) is 0 Å². The number of hydrogen-bond donors (Lipinski definition) is 2. The number of ether oxygens (including phenoxy) is 1. The molecule has 0 aliphatic rings. The maximum Gasteiger partial charge on any atom is 0.0897 e. The van der Waals surface area contributed by atoms with Crippen molar-refractivity contribution in [2.75, 3.05) is 19.8 Å². The Morgan fingerprint density at radius 2 is 1.37 bits per heavy atom. The average Bonchev–Trinajstić information content (AvgIpc) is 2.68. The molecule has 2 unspecified atom stereocenters. The van der Waals surface area contributed by atoms with Crippen molar-refractivity contribution >= 4 is 0 Å². The van der Waals surface area contributed by atoms with Gasteiger partial charge in [-0.15, -0.1) is 6.58 Å². The van der Waals surface area contributed by atoms with Gasteiger partial charge in [-0.05, 0) is 12.8 Å². The van der Waals surface area contributed by atoms with Crippen LogP contribution in [0.3, 0.4) is 0 Å². The third kappa shape index (κ3) is 20.2. The van der Waals surface area contributed by atoms with Crippen LogP contribution in [0.25, 0.3) is 0 Å². The predicted molar refractivity (Wildman–Crippen MR) is 119 cm³/mol. The minimum atomic E-state index is -0.425. The molecular formula is C24H49NO2. The molecule has 0 saturated heterocycles. The van der Waals surface area contributed by atoms with Crippen molar-refractivity contribution in [1.82, 2.24) is 5.32 Å². The van der Waals surface area contributed by atoms with E-state index < -0.39 is 6.10 Å². The maximum atomic E-state index is 9.88. The highest BCUT2D eigenvalue weighted by Crippen LogP contribution is 2.14. The van der Waals surface area contributed by atoms with E-state index in [2.05, 4.69) is 25.7 Å². The molecule has 0 heterocycles. The van der Waals surface area contributed by atoms with Crippen molar-refractivity contribution in [3.63, 3.8) is 0 Å². The minimum Gasteiger partial charge on any atom is -0.389 e. The zero-order valence-corrected chi connectivity index (χ0v) is 18.5. The molecular weight excluding hydrogens is 334 g/mol. The third-order valence-corrected chi connectivity index (χ3v) is 5.34. The van der Waals surface area contributed by atoms with Crippen molar-refractivity contribution in [2.45, 2.75) is 122 Å². The van der Waals surface area contributed by atoms with Crippen LogP contribution in [0, 0.1) is 0 Å². The van der Waals surface area contributed by atoms with E-state index in [0.29, 0.717) is 25.8 Å². The lowest BCUT2D eigenvalue weighted by atomic mass is 10.0. The molecule has 3 nitrogen and oxygen atoms in total. The van der Waals surface area contributed by atoms with Crippen molar-refractivity contribution in [3.8, 4) is 0 Å². The van der Waals surface area contributed by atoms with E-state index in [0.717, 1.165) is 6.42 Å². The molecule has 3 heteroatoms. The van der Waals surface area contributed by atoms with E-state index in [1.54, 1.807) is 6.08 Å². The summed E-state index contributed by atoms with van der Waals surface area (Å²) in [5.41, 5.74) is 0. The molecule has 0 radical (unpaired) electrons. The summed E-state index contributed by atoms with van der Waals surface area (Å²) in [5.74, 6) is 0. The Morgan fingerprint density at radius 3 is 1.85 bits per heavy atom. The molecule has 2 N–H and O–H groups in total. The van der Waals surface area contributed by atoms with Crippen LogP contribution >= 0.6 is 0 Å². The number of unbranched alkanes of at least 4 members (excludes halogenated alkanes) is 12. The summed E-state index contributed by atoms with van der Waals surface area (Å²) in [6.07, 6.45) is 21.9. The zero-order chi connectivity index (χ0) is 20.0. The lowest BCUT2D eigenvalue weighted by molar-refractivity contribution is 0.0476. The second-order valence-corrected chi connectivity index (χ2v) is 8.02. The fourth-order valence-corrected chi connectivity index (χ4v) is 3.51. The van der Waals surface area contributed by atoms with Gasteiger partial charge in [0.15, 0.2) is 0 Å². The summed E-state index contributed by atoms with van der Waals surface area (Å²) in [4.78, 5) is 0. The molecule has 0 aromatic carbocycles. The number of hydrogen-bond acceptors (Lipinski definition) is 3. The highest BCUT2D eigenvalue weighted by Gasteiger charge is 2.09. The number of rotatable bonds is 22. The van der Waals surface area contributed by atoms with Crippen LogP contribution in [0.5, 0.6) is 0 Å². The normalized spacial score (nSPS) is 13.6. The largest absolute Gasteiger partial charge is 0.389 e. The Hall–Kier alpha value is -0.380. The smallest absolute Gasteiger partial charge is 0.0897 e. The van der Waals surface area contributed by atoms with Crippen LogP contribution in [0.2, 0.25) is 0 Å². The summed E-state index contributed by atoms with van der Waals surface area (Å²) in [6, 6.07) is 0.520. The van der Waals surface area contributed by atoms with Crippen molar-refractivity contribution in [1.29, 1.82) is 0 Å². The summed E-state index contributed by atoms with van der Waals surface area (Å²) in [7, 11) is 0. The summed E-state index contributed by atoms with van der Waals surface area (Å²) < 4.78 is 5.28. The lowest BCUT2D eigenvalue weighted by Gasteiger charge is -2.19. The molecule has 0 aliphatic heterocycles. The number of aliphatic hydroxyl groups is 1. The fraction of sp³-hybridized carbons (Fsp3) is 0.917. The first-order valence-corrected chi connectivity index (χ1v) is 11.8. The van der Waals surface area contributed by atoms with E-state index in [1.807, 2.05) is 0 Å². The van der Waals surface area contributed by atoms with Crippen LogP contribution in [-0.4, -0.2) is 37.0 Å². The summed E-state index contributed by atoms with van der Waals surface area (Å²) in [6.45, 7) is 9.62. The Balaban J connectivity index is 3.37. The predicted octanol–water partition coefficient (Wildman–Crippen LogP) is 6.40. The molecule has 2 atom stereocenters. The molecule has 0 rings (SSSR count). The SMILES string of the molecule is C=CCOCC(O)CNC(CC)CCCCCCCCCCCCCCC. The first kappa shape index (κ1) is 26.6. The first-order valence-electron chi connectivity index (χ1n) is 11.8. The van der Waals surface area contributed by atoms with E-state index in [9.17, 15) is 5.11 Å². The molecule has 162 valence electrons. The Labute approximate surface area is 170 Å². The summed E-state index contributed by atoms with van der Waals surface area (Å²) in [5, 5.41) is 13.4. The first-order chi connectivity index (χ1) is 13.2. The van der Waals surface area contributed by atoms with Crippen LogP contribution in [0.1, 0.15) is 110 Å². The van der Waals surface area contributed by atoms with Gasteiger partial charge in [-0.25, -0.2) is 0 Å². The van der Waals surface area contributed by atoms with E-state index in [-0.39, 0.29) is 0 Å². The van der Waals surface area contributed by atoms with Gasteiger partial charge in [0.25, 0.3) is 0 Å². The quantitative estimate of drug-likeness (QED) is 0.168. The standard InChI is InChI=1S/C24H49NO2/c1-4-7-8-9-10-11-12-13-14-15-16-17-18-19-23(6-3)25-21-24(26)22-27-20-5-2/h5,23-26H,2,4,6-22H2,1,3H3. The van der Waals surface area contributed by atoms with E-state index in [4.69, 9.17) is 4.74 Å². The van der Waals surface area contributed by atoms with Crippen molar-refractivity contribution < 1.29 is 9.84 Å². The molecule has 27 heavy (non-hydrogen) atoms. The van der Waals surface area contributed by atoms with Gasteiger partial charge in [0.05, 0.1) is 19.3 Å². The summed E-state index contributed by atoms with van der Waals surface area (Å²) >= 11 is 0. The van der Waals surface area contributed by atoms with Crippen molar-refractivity contribution in [2.24, 2.45) is 0 Å². The molecule has 0 saturated carbocycles. The van der Waals surface area contributed by atoms with Crippen LogP contribution in [0.15, 0.2) is 12.7 Å². The Kier molecular flexibility index (Phi) is 21.6. The van der Waals surface area contributed by atoms with Gasteiger partial charge in [0.1, 0.15) is 0 Å². The second-order valence-electron chi connectivity index (χ2n) is 8.02. The molecule has 0 amide bonds. The number of nitrogens with one attached hydrogen (secondary N) is 1. The Morgan fingerprint density at radius 1 is 0.852 bits per heavy atom. The van der Waals surface area contributed by atoms with Gasteiger partial charge < -0.3 is 15.2 Å². The van der Waals surface area contributed by atoms with Gasteiger partial charge in [0, 0.05) is 12.6 Å². The van der Waals surface area contributed by atoms with Gasteiger partial charge in [0.2, 0.25) is 0 Å². The monoisotopic (exact) mass is 383 g/mol. The number of aliphatic hydroxyl groups excluding tert-OH is 1. The zero-order valence-electron chi connectivity index (χ0n) is 18.5. The van der Waals surface area contributed by atoms with Crippen LogP contribution in [0.4, 0.5) is 0 Å². The maximum absolute atomic E-state index is 9.88. The Bertz CT molecular complexity index is 296. The van der Waals surface area contributed by atoms with E-state index in [1.165, 1.54) is 89.9 Å². The van der Waals surface area contributed by atoms with Gasteiger partial charge >= 0.3 is 0 Å². The van der Waals surface area contributed by atoms with E-state index >= 15 is 0 Å². The highest BCUT2D eigenvalue weighted by molar-refractivity contribution is 4.69. The molecule has 0 aromatic heterocycles. The van der Waals surface area contributed by atoms with Crippen LogP contribution in [-0.2, 0) is 4.74 Å². The fourth-order valence-electron chi connectivity index (χ4n) is 3.51. The lowest BCUT2D eigenvalue weighted by Crippen LogP contribution is -2.37. The van der Waals surface area contributed by atoms with Gasteiger partial charge in [-0.1, -0.05) is 103 Å². The molecule has 0 spiro atoms. The van der Waals surface area contributed by atoms with Crippen molar-refractivity contribution in [3.05, 3.63) is 12.7 Å². The molecule has 0 bridgehead atoms. The van der Waals surface area contributed by atoms with Crippen LogP contribution < -0.4 is 5.32 Å². The third-order valence-electron chi connectivity index (χ3n) is 5.34. The highest BCUT2D eigenvalue weighted by atomic mass is 16.5. The molecule has 0 fully saturated rings. The topological polar surface area (TPSA) is 41.5 Å². The second kappa shape index (κ2) is 21.9. The van der Waals surface area contributed by atoms with Gasteiger partial charge in [-0.2, -0.15) is 0 Å². The minimum absolute atomic E-state index is 0.383.